The first kappa shape index (κ1) is 16.6. The molecule has 136 valence electrons. The van der Waals surface area contributed by atoms with E-state index < -0.39 is 0 Å². The zero-order valence-electron chi connectivity index (χ0n) is 15.3. The number of hydrogen-bond donors (Lipinski definition) is 1. The fourth-order valence-electron chi connectivity index (χ4n) is 3.43. The third-order valence-electron chi connectivity index (χ3n) is 4.97. The van der Waals surface area contributed by atoms with Crippen LogP contribution in [0.4, 0.5) is 5.82 Å². The maximum atomic E-state index is 12.4. The van der Waals surface area contributed by atoms with E-state index in [0.717, 1.165) is 48.8 Å². The number of carbonyl (C=O) groups excluding carboxylic acids is 1. The van der Waals surface area contributed by atoms with Gasteiger partial charge in [-0.25, -0.2) is 4.98 Å². The van der Waals surface area contributed by atoms with Crippen molar-refractivity contribution in [3.8, 4) is 0 Å². The van der Waals surface area contributed by atoms with Crippen molar-refractivity contribution in [1.82, 2.24) is 29.7 Å². The van der Waals surface area contributed by atoms with E-state index in [1.54, 1.807) is 10.9 Å². The van der Waals surface area contributed by atoms with Crippen LogP contribution in [-0.2, 0) is 7.05 Å². The second-order valence-electron chi connectivity index (χ2n) is 6.89. The number of amides is 1. The third-order valence-corrected chi connectivity index (χ3v) is 4.97. The van der Waals surface area contributed by atoms with E-state index in [9.17, 15) is 4.79 Å². The Morgan fingerprint density at radius 1 is 1.23 bits per heavy atom. The Morgan fingerprint density at radius 3 is 2.69 bits per heavy atom. The normalized spacial score (nSPS) is 15.6. The minimum atomic E-state index is -0.0960. The van der Waals surface area contributed by atoms with Gasteiger partial charge >= 0.3 is 0 Å². The molecule has 4 heterocycles. The van der Waals surface area contributed by atoms with Gasteiger partial charge in [-0.2, -0.15) is 14.7 Å². The highest BCUT2D eigenvalue weighted by atomic mass is 16.2. The summed E-state index contributed by atoms with van der Waals surface area (Å²) in [6, 6.07) is 5.96. The van der Waals surface area contributed by atoms with Gasteiger partial charge in [0.25, 0.3) is 5.91 Å². The Morgan fingerprint density at radius 2 is 2.00 bits per heavy atom. The number of piperidine rings is 1. The monoisotopic (exact) mass is 353 g/mol. The number of aromatic nitrogens is 5. The highest BCUT2D eigenvalue weighted by Gasteiger charge is 2.24. The van der Waals surface area contributed by atoms with Crippen LogP contribution in [0.1, 0.15) is 34.7 Å². The second kappa shape index (κ2) is 6.44. The van der Waals surface area contributed by atoms with Gasteiger partial charge in [0, 0.05) is 49.7 Å². The summed E-state index contributed by atoms with van der Waals surface area (Å²) in [7, 11) is 1.84. The van der Waals surface area contributed by atoms with Crippen molar-refractivity contribution in [3.05, 3.63) is 41.5 Å². The van der Waals surface area contributed by atoms with Crippen LogP contribution >= 0.6 is 0 Å². The predicted molar refractivity (Wildman–Crippen MR) is 98.4 cm³/mol. The van der Waals surface area contributed by atoms with Crippen LogP contribution in [0.25, 0.3) is 5.65 Å². The van der Waals surface area contributed by atoms with Crippen molar-refractivity contribution in [1.29, 1.82) is 0 Å². The van der Waals surface area contributed by atoms with Crippen LogP contribution in [0.5, 0.6) is 0 Å². The van der Waals surface area contributed by atoms with E-state index in [4.69, 9.17) is 0 Å². The molecular formula is C18H23N7O. The number of hydrogen-bond acceptors (Lipinski definition) is 5. The molecule has 26 heavy (non-hydrogen) atoms. The number of nitrogens with one attached hydrogen (secondary N) is 1. The van der Waals surface area contributed by atoms with Crippen molar-refractivity contribution in [2.24, 2.45) is 7.05 Å². The molecule has 0 radical (unpaired) electrons. The minimum Gasteiger partial charge on any atom is -0.356 e. The SMILES string of the molecule is Cc1cc(N2CCC(NC(=O)c3cc(C)n(C)n3)CC2)n2nccc2n1. The summed E-state index contributed by atoms with van der Waals surface area (Å²) in [6.45, 7) is 5.67. The third kappa shape index (κ3) is 3.02. The van der Waals surface area contributed by atoms with E-state index >= 15 is 0 Å². The van der Waals surface area contributed by atoms with Gasteiger partial charge in [-0.1, -0.05) is 0 Å². The largest absolute Gasteiger partial charge is 0.356 e. The molecule has 0 bridgehead atoms. The lowest BCUT2D eigenvalue weighted by Crippen LogP contribution is -2.45. The molecule has 0 aromatic carbocycles. The van der Waals surface area contributed by atoms with Crippen molar-refractivity contribution in [2.75, 3.05) is 18.0 Å². The fourth-order valence-corrected chi connectivity index (χ4v) is 3.43. The van der Waals surface area contributed by atoms with Crippen LogP contribution in [0.2, 0.25) is 0 Å². The molecule has 4 rings (SSSR count). The van der Waals surface area contributed by atoms with E-state index in [1.807, 2.05) is 37.5 Å². The molecule has 3 aromatic heterocycles. The molecular weight excluding hydrogens is 330 g/mol. The molecule has 8 heteroatoms. The molecule has 8 nitrogen and oxygen atoms in total. The molecule has 1 N–H and O–H groups in total. The van der Waals surface area contributed by atoms with E-state index in [0.29, 0.717) is 5.69 Å². The molecule has 1 fully saturated rings. The molecule has 0 atom stereocenters. The molecule has 1 amide bonds. The van der Waals surface area contributed by atoms with E-state index in [-0.39, 0.29) is 11.9 Å². The van der Waals surface area contributed by atoms with Crippen LogP contribution in [0.3, 0.4) is 0 Å². The summed E-state index contributed by atoms with van der Waals surface area (Å²) in [4.78, 5) is 19.2. The summed E-state index contributed by atoms with van der Waals surface area (Å²) in [5, 5.41) is 11.8. The maximum Gasteiger partial charge on any atom is 0.272 e. The van der Waals surface area contributed by atoms with Gasteiger partial charge in [0.15, 0.2) is 5.65 Å². The number of nitrogens with zero attached hydrogens (tertiary/aromatic N) is 6. The lowest BCUT2D eigenvalue weighted by Gasteiger charge is -2.33. The summed E-state index contributed by atoms with van der Waals surface area (Å²) in [5.41, 5.74) is 3.30. The van der Waals surface area contributed by atoms with Gasteiger partial charge in [-0.05, 0) is 32.8 Å². The first-order valence-corrected chi connectivity index (χ1v) is 8.89. The summed E-state index contributed by atoms with van der Waals surface area (Å²) in [5.74, 6) is 0.962. The van der Waals surface area contributed by atoms with Crippen molar-refractivity contribution >= 4 is 17.4 Å². The number of anilines is 1. The van der Waals surface area contributed by atoms with E-state index in [1.165, 1.54) is 0 Å². The molecule has 0 aliphatic carbocycles. The van der Waals surface area contributed by atoms with Crippen LogP contribution in [-0.4, -0.2) is 49.4 Å². The quantitative estimate of drug-likeness (QED) is 0.771. The molecule has 0 saturated carbocycles. The predicted octanol–water partition coefficient (Wildman–Crippen LogP) is 1.48. The molecule has 3 aromatic rings. The summed E-state index contributed by atoms with van der Waals surface area (Å²) < 4.78 is 3.60. The first-order valence-electron chi connectivity index (χ1n) is 8.89. The Kier molecular flexibility index (Phi) is 4.10. The Hall–Kier alpha value is -2.90. The summed E-state index contributed by atoms with van der Waals surface area (Å²) >= 11 is 0. The molecule has 1 saturated heterocycles. The highest BCUT2D eigenvalue weighted by molar-refractivity contribution is 5.92. The summed E-state index contributed by atoms with van der Waals surface area (Å²) in [6.07, 6.45) is 3.55. The minimum absolute atomic E-state index is 0.0960. The zero-order chi connectivity index (χ0) is 18.3. The van der Waals surface area contributed by atoms with Gasteiger partial charge in [-0.15, -0.1) is 0 Å². The van der Waals surface area contributed by atoms with Crippen LogP contribution in [0.15, 0.2) is 24.4 Å². The molecule has 0 spiro atoms. The van der Waals surface area contributed by atoms with Crippen molar-refractivity contribution < 1.29 is 4.79 Å². The molecule has 0 unspecified atom stereocenters. The number of carbonyl (C=O) groups is 1. The van der Waals surface area contributed by atoms with Crippen LogP contribution in [0, 0.1) is 13.8 Å². The Bertz CT molecular complexity index is 930. The first-order chi connectivity index (χ1) is 12.5. The van der Waals surface area contributed by atoms with Gasteiger partial charge in [0.2, 0.25) is 0 Å². The average molecular weight is 353 g/mol. The van der Waals surface area contributed by atoms with Gasteiger partial charge in [-0.3, -0.25) is 9.48 Å². The number of aryl methyl sites for hydroxylation is 3. The zero-order valence-corrected chi connectivity index (χ0v) is 15.3. The maximum absolute atomic E-state index is 12.4. The fraction of sp³-hybridized carbons (Fsp3) is 0.444. The lowest BCUT2D eigenvalue weighted by molar-refractivity contribution is 0.0925. The van der Waals surface area contributed by atoms with Crippen LogP contribution < -0.4 is 10.2 Å². The smallest absolute Gasteiger partial charge is 0.272 e. The van der Waals surface area contributed by atoms with Gasteiger partial charge in [0.05, 0.1) is 6.20 Å². The van der Waals surface area contributed by atoms with E-state index in [2.05, 4.69) is 31.5 Å². The lowest BCUT2D eigenvalue weighted by atomic mass is 10.0. The second-order valence-corrected chi connectivity index (χ2v) is 6.89. The molecule has 1 aliphatic heterocycles. The Labute approximate surface area is 151 Å². The number of rotatable bonds is 3. The Balaban J connectivity index is 1.42. The van der Waals surface area contributed by atoms with Gasteiger partial charge in [0.1, 0.15) is 11.5 Å². The molecule has 1 aliphatic rings. The average Bonchev–Trinajstić information content (AvgIpc) is 3.21. The topological polar surface area (TPSA) is 80.4 Å². The van der Waals surface area contributed by atoms with Crippen molar-refractivity contribution in [2.45, 2.75) is 32.7 Å². The number of fused-ring (bicyclic) bond motifs is 1. The van der Waals surface area contributed by atoms with Crippen molar-refractivity contribution in [3.63, 3.8) is 0 Å². The van der Waals surface area contributed by atoms with Gasteiger partial charge < -0.3 is 10.2 Å². The standard InChI is InChI=1S/C18H23N7O/c1-12-10-17(25-16(20-12)4-7-19-25)24-8-5-14(6-9-24)21-18(26)15-11-13(2)23(3)22-15/h4,7,10-11,14H,5-6,8-9H2,1-3H3,(H,21,26). The highest BCUT2D eigenvalue weighted by Crippen LogP contribution is 2.21.